The van der Waals surface area contributed by atoms with Crippen molar-refractivity contribution in [1.82, 2.24) is 0 Å². The molecular weight excluding hydrogens is 506 g/mol. The highest BCUT2D eigenvalue weighted by Crippen LogP contribution is 2.15. The molecule has 0 aliphatic heterocycles. The van der Waals surface area contributed by atoms with Crippen LogP contribution in [0, 0.1) is 12.3 Å². The lowest BCUT2D eigenvalue weighted by Crippen LogP contribution is -2.12. The topological polar surface area (TPSA) is 158 Å². The van der Waals surface area contributed by atoms with Crippen molar-refractivity contribution in [2.24, 2.45) is 5.11 Å². The molecule has 0 bridgehead atoms. The van der Waals surface area contributed by atoms with Crippen molar-refractivity contribution in [3.8, 4) is 12.3 Å². The lowest BCUT2D eigenvalue weighted by atomic mass is 10.1. The van der Waals surface area contributed by atoms with E-state index in [1.807, 2.05) is 20.8 Å². The molecule has 0 fully saturated rings. The largest absolute Gasteiger partial charge is 0.508 e. The van der Waals surface area contributed by atoms with Gasteiger partial charge in [0.05, 0.1) is 20.3 Å². The van der Waals surface area contributed by atoms with Gasteiger partial charge in [-0.2, -0.15) is 0 Å². The maximum Gasteiger partial charge on any atom is 0.508 e. The van der Waals surface area contributed by atoms with Gasteiger partial charge in [0.1, 0.15) is 5.58 Å². The number of benzene rings is 1. The van der Waals surface area contributed by atoms with E-state index in [0.717, 1.165) is 25.0 Å². The molecule has 11 heteroatoms. The van der Waals surface area contributed by atoms with Gasteiger partial charge in [-0.25, -0.2) is 14.4 Å². The minimum Gasteiger partial charge on any atom is -0.466 e. The number of ketones is 1. The molecule has 0 aliphatic carbocycles. The first-order valence-corrected chi connectivity index (χ1v) is 12.0. The number of methoxy groups -OCH3 is 1. The van der Waals surface area contributed by atoms with Crippen LogP contribution in [0.4, 0.5) is 4.79 Å². The van der Waals surface area contributed by atoms with Crippen LogP contribution in [0.3, 0.4) is 0 Å². The molecule has 1 aromatic heterocycles. The van der Waals surface area contributed by atoms with Gasteiger partial charge in [-0.1, -0.05) is 45.7 Å². The summed E-state index contributed by atoms with van der Waals surface area (Å²) in [7, 11) is 1.21. The van der Waals surface area contributed by atoms with Crippen LogP contribution >= 0.6 is 0 Å². The Morgan fingerprint density at radius 1 is 1.13 bits per heavy atom. The van der Waals surface area contributed by atoms with Gasteiger partial charge in [0.15, 0.2) is 5.78 Å². The predicted molar refractivity (Wildman–Crippen MR) is 149 cm³/mol. The number of hydrogen-bond donors (Lipinski definition) is 0. The lowest BCUT2D eigenvalue weighted by molar-refractivity contribution is -0.135. The van der Waals surface area contributed by atoms with Crippen molar-refractivity contribution in [1.29, 1.82) is 0 Å². The van der Waals surface area contributed by atoms with Gasteiger partial charge in [0, 0.05) is 40.5 Å². The Bertz CT molecular complexity index is 1220. The number of carbonyl (C=O) groups is 3. The van der Waals surface area contributed by atoms with Crippen LogP contribution in [0.1, 0.15) is 58.6 Å². The second-order valence-electron chi connectivity index (χ2n) is 7.06. The molecule has 0 N–H and O–H groups in total. The van der Waals surface area contributed by atoms with Crippen LogP contribution < -0.4 is 5.63 Å². The fourth-order valence-electron chi connectivity index (χ4n) is 2.52. The molecule has 11 nitrogen and oxygen atoms in total. The molecule has 2 rings (SSSR count). The molecule has 0 aliphatic rings. The quantitative estimate of drug-likeness (QED) is 0.0494. The van der Waals surface area contributed by atoms with Gasteiger partial charge in [-0.05, 0) is 48.7 Å². The highest BCUT2D eigenvalue weighted by Gasteiger charge is 2.09. The van der Waals surface area contributed by atoms with Crippen LogP contribution in [-0.2, 0) is 30.2 Å². The Balaban J connectivity index is 0. The van der Waals surface area contributed by atoms with E-state index in [1.54, 1.807) is 24.3 Å². The number of azide groups is 1. The van der Waals surface area contributed by atoms with Gasteiger partial charge >= 0.3 is 17.8 Å². The molecule has 39 heavy (non-hydrogen) atoms. The third-order valence-electron chi connectivity index (χ3n) is 4.35. The fraction of sp³-hybridized carbons (Fsp3) is 0.429. The zero-order chi connectivity index (χ0) is 28.8. The molecular formula is C28H37N3O8. The molecule has 0 radical (unpaired) electrons. The number of fused-ring (bicyclic) bond motifs is 1. The van der Waals surface area contributed by atoms with Crippen LogP contribution in [0.5, 0.6) is 0 Å². The summed E-state index contributed by atoms with van der Waals surface area (Å²) in [5.74, 6) is 1.41. The van der Waals surface area contributed by atoms with Crippen LogP contribution in [0.2, 0.25) is 0 Å². The van der Waals surface area contributed by atoms with Crippen LogP contribution in [-0.4, -0.2) is 44.8 Å². The van der Waals surface area contributed by atoms with Crippen LogP contribution in [0.15, 0.2) is 50.7 Å². The first-order valence-electron chi connectivity index (χ1n) is 12.0. The number of allylic oxidation sites excluding steroid dienone is 1. The van der Waals surface area contributed by atoms with E-state index in [0.29, 0.717) is 36.1 Å². The average Bonchev–Trinajstić information content (AvgIpc) is 2.93. The number of nitrogens with zero attached hydrogens (tertiary/aromatic N) is 3. The second kappa shape index (κ2) is 22.6. The second-order valence-corrected chi connectivity index (χ2v) is 7.06. The highest BCUT2D eigenvalue weighted by atomic mass is 16.7. The van der Waals surface area contributed by atoms with Crippen molar-refractivity contribution in [2.75, 3.05) is 26.9 Å². The summed E-state index contributed by atoms with van der Waals surface area (Å²) in [6.45, 7) is 6.96. The van der Waals surface area contributed by atoms with E-state index in [2.05, 4.69) is 20.7 Å². The summed E-state index contributed by atoms with van der Waals surface area (Å²) in [6.07, 6.45) is 8.88. The van der Waals surface area contributed by atoms with Crippen LogP contribution in [0.25, 0.3) is 21.4 Å². The molecule has 0 spiro atoms. The lowest BCUT2D eigenvalue weighted by Gasteiger charge is -2.04. The minimum absolute atomic E-state index is 0. The first kappa shape index (κ1) is 36.6. The standard InChI is InChI=1S/C17H12O5.C8H15N3O3.C2H6.CH4/c1-3-11-4-5-12-9-13(17(20)22-15(12)8-11)10-14(18)6-7-16(19)21-2;1-2-3-6-13-8(12)14-7-4-5-10-11-9;1-2;/h1,4-9H,10H2,2H3;2-7H2,1H3;1-2H3;1H4/b7-6-;;;. The Hall–Kier alpha value is -4.55. The Labute approximate surface area is 228 Å². The van der Waals surface area contributed by atoms with E-state index in [9.17, 15) is 19.2 Å². The molecule has 0 atom stereocenters. The van der Waals surface area contributed by atoms with E-state index >= 15 is 0 Å². The number of hydrogen-bond acceptors (Lipinski definition) is 9. The van der Waals surface area contributed by atoms with E-state index in [1.165, 1.54) is 7.11 Å². The summed E-state index contributed by atoms with van der Waals surface area (Å²) in [6, 6.07) is 6.58. The third-order valence-corrected chi connectivity index (χ3v) is 4.35. The number of carbonyl (C=O) groups excluding carboxylic acids is 3. The van der Waals surface area contributed by atoms with Crippen molar-refractivity contribution in [3.05, 3.63) is 68.4 Å². The molecule has 0 saturated carbocycles. The SMILES string of the molecule is C.C#Cc1ccc2cc(CC(=O)/C=C\C(=O)OC)c(=O)oc2c1.CC.CCCCOC(=O)OCCCN=[N+]=[N-]. The zero-order valence-corrected chi connectivity index (χ0v) is 22.1. The molecule has 1 aromatic carbocycles. The highest BCUT2D eigenvalue weighted by molar-refractivity contribution is 5.97. The molecule has 2 aromatic rings. The molecule has 0 amide bonds. The minimum atomic E-state index is -0.653. The van der Waals surface area contributed by atoms with Crippen molar-refractivity contribution >= 4 is 28.9 Å². The van der Waals surface area contributed by atoms with Gasteiger partial charge in [-0.15, -0.1) is 6.42 Å². The van der Waals surface area contributed by atoms with Crippen molar-refractivity contribution < 1.29 is 33.0 Å². The van der Waals surface area contributed by atoms with Crippen molar-refractivity contribution in [2.45, 2.75) is 53.9 Å². The number of terminal acetylenes is 1. The molecule has 1 heterocycles. The molecule has 212 valence electrons. The summed E-state index contributed by atoms with van der Waals surface area (Å²) in [5, 5.41) is 3.96. The van der Waals surface area contributed by atoms with E-state index in [4.69, 9.17) is 25.8 Å². The third kappa shape index (κ3) is 16.0. The van der Waals surface area contributed by atoms with Gasteiger partial charge in [-0.3, -0.25) is 4.79 Å². The summed E-state index contributed by atoms with van der Waals surface area (Å²) in [4.78, 5) is 47.9. The average molecular weight is 544 g/mol. The maximum absolute atomic E-state index is 11.9. The van der Waals surface area contributed by atoms with Gasteiger partial charge in [0.2, 0.25) is 0 Å². The summed E-state index contributed by atoms with van der Waals surface area (Å²) in [5.41, 5.74) is 8.50. The number of esters is 1. The Morgan fingerprint density at radius 2 is 1.79 bits per heavy atom. The Morgan fingerprint density at radius 3 is 2.38 bits per heavy atom. The Kier molecular flexibility index (Phi) is 21.2. The normalized spacial score (nSPS) is 9.31. The van der Waals surface area contributed by atoms with Crippen molar-refractivity contribution in [3.63, 3.8) is 0 Å². The number of rotatable bonds is 11. The van der Waals surface area contributed by atoms with E-state index in [-0.39, 0.29) is 26.0 Å². The first-order chi connectivity index (χ1) is 18.3. The van der Waals surface area contributed by atoms with E-state index < -0.39 is 23.5 Å². The monoisotopic (exact) mass is 543 g/mol. The van der Waals surface area contributed by atoms with Gasteiger partial charge < -0.3 is 18.6 Å². The maximum atomic E-state index is 11.9. The zero-order valence-electron chi connectivity index (χ0n) is 22.1. The predicted octanol–water partition coefficient (Wildman–Crippen LogP) is 5.92. The smallest absolute Gasteiger partial charge is 0.466 e. The fourth-order valence-corrected chi connectivity index (χ4v) is 2.52. The number of ether oxygens (including phenoxy) is 3. The number of unbranched alkanes of at least 4 members (excludes halogenated alkanes) is 1. The molecule has 0 saturated heterocycles. The molecule has 0 unspecified atom stereocenters. The summed E-state index contributed by atoms with van der Waals surface area (Å²) < 4.78 is 19.0. The summed E-state index contributed by atoms with van der Waals surface area (Å²) >= 11 is 0. The van der Waals surface area contributed by atoms with Gasteiger partial charge in [0.25, 0.3) is 0 Å².